The molecule has 5 heteroatoms. The molecule has 4 nitrogen and oxygen atoms in total. The molecule has 1 aromatic carbocycles. The summed E-state index contributed by atoms with van der Waals surface area (Å²) in [6.07, 6.45) is 0.307. The van der Waals surface area contributed by atoms with E-state index < -0.39 is 6.10 Å². The third-order valence-corrected chi connectivity index (χ3v) is 4.45. The van der Waals surface area contributed by atoms with E-state index in [9.17, 15) is 5.11 Å². The Hall–Kier alpha value is -1.33. The van der Waals surface area contributed by atoms with Gasteiger partial charge in [-0.1, -0.05) is 30.3 Å². The predicted octanol–water partition coefficient (Wildman–Crippen LogP) is 3.54. The van der Waals surface area contributed by atoms with Crippen molar-refractivity contribution in [1.29, 1.82) is 0 Å². The largest absolute Gasteiger partial charge is 0.393 e. The van der Waals surface area contributed by atoms with Crippen LogP contribution < -0.4 is 0 Å². The van der Waals surface area contributed by atoms with Crippen molar-refractivity contribution in [3.63, 3.8) is 0 Å². The number of hydrogen-bond donors (Lipinski definition) is 1. The maximum Gasteiger partial charge on any atom is 0.232 e. The molecule has 0 saturated carbocycles. The SMILES string of the molecule is CCC(c1nc(CSc2ccccc2C)no1)C(C)O. The van der Waals surface area contributed by atoms with Crippen LogP contribution in [0.3, 0.4) is 0 Å². The summed E-state index contributed by atoms with van der Waals surface area (Å²) in [5, 5.41) is 13.7. The Morgan fingerprint density at radius 1 is 1.35 bits per heavy atom. The Labute approximate surface area is 123 Å². The first-order chi connectivity index (χ1) is 9.61. The molecule has 0 fully saturated rings. The smallest absolute Gasteiger partial charge is 0.232 e. The normalized spacial score (nSPS) is 14.2. The van der Waals surface area contributed by atoms with Crippen molar-refractivity contribution in [3.05, 3.63) is 41.5 Å². The molecule has 0 aliphatic carbocycles. The standard InChI is InChI=1S/C15H20N2O2S/c1-4-12(11(3)18)15-16-14(17-19-15)9-20-13-8-6-5-7-10(13)2/h5-8,11-12,18H,4,9H2,1-3H3. The molecule has 0 aliphatic rings. The lowest BCUT2D eigenvalue weighted by molar-refractivity contribution is 0.141. The summed E-state index contributed by atoms with van der Waals surface area (Å²) >= 11 is 1.69. The van der Waals surface area contributed by atoms with Crippen molar-refractivity contribution in [3.8, 4) is 0 Å². The van der Waals surface area contributed by atoms with Crippen LogP contribution in [0.4, 0.5) is 0 Å². The van der Waals surface area contributed by atoms with Crippen LogP contribution in [-0.2, 0) is 5.75 Å². The molecule has 1 heterocycles. The first-order valence-electron chi connectivity index (χ1n) is 6.80. The summed E-state index contributed by atoms with van der Waals surface area (Å²) in [5.74, 6) is 1.79. The maximum absolute atomic E-state index is 9.69. The van der Waals surface area contributed by atoms with E-state index in [4.69, 9.17) is 4.52 Å². The number of aryl methyl sites for hydroxylation is 1. The molecule has 0 aliphatic heterocycles. The highest BCUT2D eigenvalue weighted by atomic mass is 32.2. The number of aromatic nitrogens is 2. The van der Waals surface area contributed by atoms with E-state index in [1.807, 2.05) is 19.1 Å². The highest BCUT2D eigenvalue weighted by molar-refractivity contribution is 7.98. The second-order valence-corrected chi connectivity index (χ2v) is 5.88. The van der Waals surface area contributed by atoms with E-state index in [2.05, 4.69) is 29.2 Å². The number of rotatable bonds is 6. The molecule has 108 valence electrons. The van der Waals surface area contributed by atoms with Gasteiger partial charge in [-0.25, -0.2) is 0 Å². The topological polar surface area (TPSA) is 59.2 Å². The fourth-order valence-electron chi connectivity index (χ4n) is 2.06. The number of aliphatic hydroxyl groups is 1. The van der Waals surface area contributed by atoms with Crippen LogP contribution in [0, 0.1) is 6.92 Å². The van der Waals surface area contributed by atoms with Crippen molar-refractivity contribution >= 4 is 11.8 Å². The molecule has 0 bridgehead atoms. The van der Waals surface area contributed by atoms with E-state index in [1.165, 1.54) is 10.5 Å². The number of benzene rings is 1. The lowest BCUT2D eigenvalue weighted by atomic mass is 10.0. The van der Waals surface area contributed by atoms with Crippen molar-refractivity contribution in [2.75, 3.05) is 0 Å². The zero-order chi connectivity index (χ0) is 14.5. The Kier molecular flexibility index (Phi) is 5.20. The number of aliphatic hydroxyl groups excluding tert-OH is 1. The Morgan fingerprint density at radius 3 is 2.75 bits per heavy atom. The van der Waals surface area contributed by atoms with Crippen LogP contribution in [0.15, 0.2) is 33.7 Å². The monoisotopic (exact) mass is 292 g/mol. The third-order valence-electron chi connectivity index (χ3n) is 3.27. The fraction of sp³-hybridized carbons (Fsp3) is 0.467. The van der Waals surface area contributed by atoms with Gasteiger partial charge in [0, 0.05) is 4.90 Å². The summed E-state index contributed by atoms with van der Waals surface area (Å²) < 4.78 is 5.26. The Bertz CT molecular complexity index is 554. The van der Waals surface area contributed by atoms with E-state index >= 15 is 0 Å². The van der Waals surface area contributed by atoms with Gasteiger partial charge in [-0.3, -0.25) is 0 Å². The second kappa shape index (κ2) is 6.90. The first kappa shape index (κ1) is 15.1. The van der Waals surface area contributed by atoms with Crippen molar-refractivity contribution in [2.24, 2.45) is 0 Å². The van der Waals surface area contributed by atoms with Crippen LogP contribution in [-0.4, -0.2) is 21.4 Å². The molecule has 1 aromatic heterocycles. The van der Waals surface area contributed by atoms with Gasteiger partial charge in [-0.15, -0.1) is 11.8 Å². The van der Waals surface area contributed by atoms with Crippen LogP contribution in [0.2, 0.25) is 0 Å². The summed E-state index contributed by atoms with van der Waals surface area (Å²) in [5.41, 5.74) is 1.25. The van der Waals surface area contributed by atoms with Gasteiger partial charge in [-0.2, -0.15) is 4.98 Å². The molecule has 2 unspecified atom stereocenters. The minimum Gasteiger partial charge on any atom is -0.393 e. The summed E-state index contributed by atoms with van der Waals surface area (Å²) in [6, 6.07) is 8.23. The van der Waals surface area contributed by atoms with Gasteiger partial charge in [0.2, 0.25) is 5.89 Å². The quantitative estimate of drug-likeness (QED) is 0.825. The lowest BCUT2D eigenvalue weighted by Gasteiger charge is -2.12. The maximum atomic E-state index is 9.69. The third kappa shape index (κ3) is 3.61. The molecule has 2 aromatic rings. The van der Waals surface area contributed by atoms with E-state index in [0.717, 1.165) is 6.42 Å². The number of nitrogens with zero attached hydrogens (tertiary/aromatic N) is 2. The predicted molar refractivity (Wildman–Crippen MR) is 79.8 cm³/mol. The highest BCUT2D eigenvalue weighted by Crippen LogP contribution is 2.26. The molecule has 2 atom stereocenters. The van der Waals surface area contributed by atoms with E-state index in [0.29, 0.717) is 17.5 Å². The summed E-state index contributed by atoms with van der Waals surface area (Å²) in [4.78, 5) is 5.61. The lowest BCUT2D eigenvalue weighted by Crippen LogP contribution is -2.14. The molecule has 0 saturated heterocycles. The van der Waals surface area contributed by atoms with Gasteiger partial charge < -0.3 is 9.63 Å². The van der Waals surface area contributed by atoms with Crippen LogP contribution in [0.5, 0.6) is 0 Å². The van der Waals surface area contributed by atoms with E-state index in [-0.39, 0.29) is 5.92 Å². The highest BCUT2D eigenvalue weighted by Gasteiger charge is 2.22. The summed E-state index contributed by atoms with van der Waals surface area (Å²) in [6.45, 7) is 5.84. The fourth-order valence-corrected chi connectivity index (χ4v) is 2.93. The van der Waals surface area contributed by atoms with Gasteiger partial charge in [0.1, 0.15) is 0 Å². The molecule has 0 amide bonds. The molecule has 1 N–H and O–H groups in total. The second-order valence-electron chi connectivity index (χ2n) is 4.86. The molecular formula is C15H20N2O2S. The average molecular weight is 292 g/mol. The molecule has 2 rings (SSSR count). The Balaban J connectivity index is 2.01. The van der Waals surface area contributed by atoms with Crippen molar-refractivity contribution < 1.29 is 9.63 Å². The molecule has 0 radical (unpaired) electrons. The van der Waals surface area contributed by atoms with Gasteiger partial charge in [0.15, 0.2) is 5.82 Å². The van der Waals surface area contributed by atoms with Crippen molar-refractivity contribution in [1.82, 2.24) is 10.1 Å². The van der Waals surface area contributed by atoms with Crippen LogP contribution >= 0.6 is 11.8 Å². The number of hydrogen-bond acceptors (Lipinski definition) is 5. The minimum atomic E-state index is -0.475. The Morgan fingerprint density at radius 2 is 2.10 bits per heavy atom. The van der Waals surface area contributed by atoms with E-state index in [1.54, 1.807) is 18.7 Å². The number of thioether (sulfide) groups is 1. The average Bonchev–Trinajstić information content (AvgIpc) is 2.87. The van der Waals surface area contributed by atoms with Gasteiger partial charge >= 0.3 is 0 Å². The van der Waals surface area contributed by atoms with Gasteiger partial charge in [0.25, 0.3) is 0 Å². The molecular weight excluding hydrogens is 272 g/mol. The zero-order valence-electron chi connectivity index (χ0n) is 12.0. The minimum absolute atomic E-state index is 0.0836. The molecule has 20 heavy (non-hydrogen) atoms. The van der Waals surface area contributed by atoms with Gasteiger partial charge in [0.05, 0.1) is 17.8 Å². The summed E-state index contributed by atoms with van der Waals surface area (Å²) in [7, 11) is 0. The molecule has 0 spiro atoms. The first-order valence-corrected chi connectivity index (χ1v) is 7.79. The van der Waals surface area contributed by atoms with Gasteiger partial charge in [-0.05, 0) is 31.9 Å². The van der Waals surface area contributed by atoms with Crippen LogP contribution in [0.25, 0.3) is 0 Å². The van der Waals surface area contributed by atoms with Crippen molar-refractivity contribution in [2.45, 2.75) is 49.9 Å². The van der Waals surface area contributed by atoms with Crippen LogP contribution in [0.1, 0.15) is 43.5 Å². The zero-order valence-corrected chi connectivity index (χ0v) is 12.9.